The van der Waals surface area contributed by atoms with Crippen molar-refractivity contribution in [3.63, 3.8) is 0 Å². The van der Waals surface area contributed by atoms with Crippen LogP contribution in [0.25, 0.3) is 0 Å². The lowest BCUT2D eigenvalue weighted by Crippen LogP contribution is -2.22. The number of hydrogen-bond acceptors (Lipinski definition) is 3. The Labute approximate surface area is 65.1 Å². The van der Waals surface area contributed by atoms with E-state index in [0.717, 1.165) is 25.1 Å². The summed E-state index contributed by atoms with van der Waals surface area (Å²) >= 11 is 0. The van der Waals surface area contributed by atoms with Gasteiger partial charge in [0.15, 0.2) is 0 Å². The molecule has 0 saturated heterocycles. The summed E-state index contributed by atoms with van der Waals surface area (Å²) in [5.74, 6) is 0. The van der Waals surface area contributed by atoms with Gasteiger partial charge in [0.25, 0.3) is 5.56 Å². The molecule has 0 saturated carbocycles. The van der Waals surface area contributed by atoms with Crippen LogP contribution in [0.4, 0.5) is 5.69 Å². The van der Waals surface area contributed by atoms with Crippen molar-refractivity contribution in [2.45, 2.75) is 12.8 Å². The number of nitrogens with zero attached hydrogens (tertiary/aromatic N) is 1. The topological polar surface area (TPSA) is 57.8 Å². The van der Waals surface area contributed by atoms with E-state index in [1.807, 2.05) is 0 Å². The second-order valence-corrected chi connectivity index (χ2v) is 2.53. The molecule has 0 unspecified atom stereocenters. The highest BCUT2D eigenvalue weighted by Gasteiger charge is 2.11. The van der Waals surface area contributed by atoms with Gasteiger partial charge in [-0.15, -0.1) is 0 Å². The molecule has 1 aromatic heterocycles. The number of aromatic nitrogens is 2. The fraction of sp³-hybridized carbons (Fsp3) is 0.429. The highest BCUT2D eigenvalue weighted by atomic mass is 16.1. The van der Waals surface area contributed by atoms with Crippen molar-refractivity contribution in [1.82, 2.24) is 9.97 Å². The Morgan fingerprint density at radius 3 is 3.55 bits per heavy atom. The molecule has 4 heteroatoms. The van der Waals surface area contributed by atoms with Crippen LogP contribution in [0.2, 0.25) is 0 Å². The van der Waals surface area contributed by atoms with Crippen LogP contribution in [0, 0.1) is 0 Å². The smallest absolute Gasteiger partial charge is 0.274 e. The van der Waals surface area contributed by atoms with Gasteiger partial charge in [-0.25, -0.2) is 4.98 Å². The molecule has 2 N–H and O–H groups in total. The van der Waals surface area contributed by atoms with Crippen molar-refractivity contribution in [3.05, 3.63) is 22.4 Å². The molecule has 0 radical (unpaired) electrons. The number of aromatic amines is 1. The Balaban J connectivity index is 2.60. The fourth-order valence-corrected chi connectivity index (χ4v) is 1.23. The first-order valence-corrected chi connectivity index (χ1v) is 3.61. The molecule has 1 aliphatic rings. The molecule has 2 heterocycles. The monoisotopic (exact) mass is 152 g/mol. The van der Waals surface area contributed by atoms with E-state index < -0.39 is 0 Å². The van der Waals surface area contributed by atoms with Gasteiger partial charge in [0, 0.05) is 6.54 Å². The maximum Gasteiger partial charge on any atom is 0.274 e. The van der Waals surface area contributed by atoms with E-state index >= 15 is 0 Å². The molecule has 1 aliphatic heterocycles. The molecule has 0 spiro atoms. The van der Waals surface area contributed by atoms with Crippen molar-refractivity contribution < 1.29 is 1.37 Å². The number of fused-ring (bicyclic) bond motifs is 1. The Hall–Kier alpha value is -1.32. The Morgan fingerprint density at radius 2 is 2.64 bits per heavy atom. The van der Waals surface area contributed by atoms with Crippen LogP contribution < -0.4 is 10.9 Å². The summed E-state index contributed by atoms with van der Waals surface area (Å²) in [5, 5.41) is 2.97. The lowest BCUT2D eigenvalue weighted by molar-refractivity contribution is 0.788. The predicted octanol–water partition coefficient (Wildman–Crippen LogP) is 0.128. The first-order valence-electron chi connectivity index (χ1n) is 4.11. The van der Waals surface area contributed by atoms with Crippen LogP contribution >= 0.6 is 0 Å². The maximum atomic E-state index is 11.2. The zero-order chi connectivity index (χ0) is 8.55. The highest BCUT2D eigenvalue weighted by Crippen LogP contribution is 2.12. The van der Waals surface area contributed by atoms with E-state index in [9.17, 15) is 4.79 Å². The second kappa shape index (κ2) is 2.38. The lowest BCUT2D eigenvalue weighted by atomic mass is 10.1. The molecule has 4 nitrogen and oxygen atoms in total. The highest BCUT2D eigenvalue weighted by molar-refractivity contribution is 5.46. The van der Waals surface area contributed by atoms with Gasteiger partial charge in [-0.3, -0.25) is 4.79 Å². The number of nitrogens with one attached hydrogen (secondary N) is 2. The number of H-pyrrole nitrogens is 1. The molecule has 0 amide bonds. The van der Waals surface area contributed by atoms with Crippen molar-refractivity contribution >= 4 is 5.69 Å². The van der Waals surface area contributed by atoms with Gasteiger partial charge in [0.05, 0.1) is 12.0 Å². The zero-order valence-electron chi connectivity index (χ0n) is 6.98. The molecule has 0 aromatic carbocycles. The molecule has 58 valence electrons. The molecule has 0 bridgehead atoms. The first-order chi connectivity index (χ1) is 5.77. The van der Waals surface area contributed by atoms with Gasteiger partial charge < -0.3 is 10.3 Å². The molecule has 0 fully saturated rings. The minimum atomic E-state index is -0.232. The molecular weight excluding hydrogens is 142 g/mol. The summed E-state index contributed by atoms with van der Waals surface area (Å²) in [6, 6.07) is 0. The summed E-state index contributed by atoms with van der Waals surface area (Å²) in [4.78, 5) is 17.5. The molecular formula is C7H9N3O. The van der Waals surface area contributed by atoms with Crippen molar-refractivity contribution in [1.29, 1.82) is 0 Å². The van der Waals surface area contributed by atoms with Gasteiger partial charge in [0.1, 0.15) is 7.06 Å². The molecule has 11 heavy (non-hydrogen) atoms. The standard InChI is InChI=1S/C7H9N3O/c11-7-6-5(9-4-10-7)2-1-3-8-6/h4,8H,1-3H2,(H,9,10,11)/i4D. The van der Waals surface area contributed by atoms with E-state index in [2.05, 4.69) is 15.3 Å². The molecule has 1 aromatic rings. The van der Waals surface area contributed by atoms with Crippen molar-refractivity contribution in [2.75, 3.05) is 11.9 Å². The van der Waals surface area contributed by atoms with Crippen LogP contribution in [0.15, 0.2) is 11.1 Å². The SMILES string of the molecule is [2H]c1nc2c(c(=O)[nH]1)NCCC2. The van der Waals surface area contributed by atoms with Gasteiger partial charge in [0.2, 0.25) is 0 Å². The summed E-state index contributed by atoms with van der Waals surface area (Å²) < 4.78 is 7.18. The van der Waals surface area contributed by atoms with Crippen LogP contribution in [-0.2, 0) is 6.42 Å². The summed E-state index contributed by atoms with van der Waals surface area (Å²) in [6.45, 7) is 0.815. The Kier molecular flexibility index (Phi) is 1.15. The van der Waals surface area contributed by atoms with Crippen LogP contribution in [0.3, 0.4) is 0 Å². The molecule has 0 atom stereocenters. The molecule has 2 rings (SSSR count). The van der Waals surface area contributed by atoms with E-state index in [1.165, 1.54) is 0 Å². The lowest BCUT2D eigenvalue weighted by Gasteiger charge is -2.14. The van der Waals surface area contributed by atoms with Gasteiger partial charge >= 0.3 is 0 Å². The average Bonchev–Trinajstić information content (AvgIpc) is 2.04. The Bertz CT molecular complexity index is 360. The summed E-state index contributed by atoms with van der Waals surface area (Å²) in [7, 11) is 0. The third-order valence-corrected chi connectivity index (χ3v) is 1.77. The first kappa shape index (κ1) is 5.35. The van der Waals surface area contributed by atoms with Gasteiger partial charge in [-0.2, -0.15) is 0 Å². The summed E-state index contributed by atoms with van der Waals surface area (Å²) in [6.07, 6.45) is 1.71. The molecule has 0 aliphatic carbocycles. The average molecular weight is 152 g/mol. The van der Waals surface area contributed by atoms with Crippen LogP contribution in [0.5, 0.6) is 0 Å². The minimum Gasteiger partial charge on any atom is -0.379 e. The van der Waals surface area contributed by atoms with E-state index in [4.69, 9.17) is 1.37 Å². The summed E-state index contributed by atoms with van der Waals surface area (Å²) in [5.41, 5.74) is 1.02. The quantitative estimate of drug-likeness (QED) is 0.555. The number of anilines is 1. The third-order valence-electron chi connectivity index (χ3n) is 1.77. The normalized spacial score (nSPS) is 16.5. The van der Waals surface area contributed by atoms with Crippen molar-refractivity contribution in [3.8, 4) is 0 Å². The Morgan fingerprint density at radius 1 is 1.73 bits per heavy atom. The number of rotatable bonds is 0. The number of aryl methyl sites for hydroxylation is 1. The van der Waals surface area contributed by atoms with Crippen LogP contribution in [0.1, 0.15) is 13.5 Å². The third kappa shape index (κ3) is 1.00. The largest absolute Gasteiger partial charge is 0.379 e. The maximum absolute atomic E-state index is 11.2. The van der Waals surface area contributed by atoms with Crippen LogP contribution in [-0.4, -0.2) is 16.5 Å². The van der Waals surface area contributed by atoms with Crippen molar-refractivity contribution in [2.24, 2.45) is 0 Å². The van der Waals surface area contributed by atoms with Gasteiger partial charge in [-0.1, -0.05) is 0 Å². The number of hydrogen-bond donors (Lipinski definition) is 2. The predicted molar refractivity (Wildman–Crippen MR) is 41.7 cm³/mol. The fourth-order valence-electron chi connectivity index (χ4n) is 1.23. The van der Waals surface area contributed by atoms with E-state index in [-0.39, 0.29) is 11.9 Å². The minimum absolute atomic E-state index is 0.0533. The second-order valence-electron chi connectivity index (χ2n) is 2.53. The zero-order valence-corrected chi connectivity index (χ0v) is 5.98. The van der Waals surface area contributed by atoms with E-state index in [1.54, 1.807) is 0 Å². The van der Waals surface area contributed by atoms with E-state index in [0.29, 0.717) is 5.69 Å². The van der Waals surface area contributed by atoms with Gasteiger partial charge in [-0.05, 0) is 12.8 Å².